The first kappa shape index (κ1) is 12.5. The molecule has 1 saturated carbocycles. The largest absolute Gasteiger partial charge is 0.343 e. The molecule has 1 amide bonds. The van der Waals surface area contributed by atoms with Crippen molar-refractivity contribution in [1.29, 1.82) is 0 Å². The Morgan fingerprint density at radius 2 is 2.00 bits per heavy atom. The van der Waals surface area contributed by atoms with E-state index in [0.29, 0.717) is 17.9 Å². The fourth-order valence-electron chi connectivity index (χ4n) is 1.83. The third kappa shape index (κ3) is 3.20. The van der Waals surface area contributed by atoms with Crippen molar-refractivity contribution in [2.24, 2.45) is 11.1 Å². The summed E-state index contributed by atoms with van der Waals surface area (Å²) in [5.74, 6) is 0.230. The van der Waals surface area contributed by atoms with E-state index in [1.54, 1.807) is 0 Å². The van der Waals surface area contributed by atoms with Gasteiger partial charge in [0.25, 0.3) is 0 Å². The van der Waals surface area contributed by atoms with Gasteiger partial charge >= 0.3 is 0 Å². The van der Waals surface area contributed by atoms with Gasteiger partial charge in [-0.05, 0) is 38.5 Å². The van der Waals surface area contributed by atoms with E-state index < -0.39 is 0 Å². The maximum absolute atomic E-state index is 11.8. The summed E-state index contributed by atoms with van der Waals surface area (Å²) in [4.78, 5) is 13.7. The van der Waals surface area contributed by atoms with Crippen LogP contribution in [0, 0.1) is 5.41 Å². The Kier molecular flexibility index (Phi) is 3.77. The molecule has 1 rings (SSSR count). The van der Waals surface area contributed by atoms with E-state index in [1.165, 1.54) is 12.8 Å². The van der Waals surface area contributed by atoms with E-state index in [0.717, 1.165) is 6.42 Å². The van der Waals surface area contributed by atoms with Gasteiger partial charge in [-0.3, -0.25) is 4.79 Å². The zero-order valence-electron chi connectivity index (χ0n) is 10.4. The van der Waals surface area contributed by atoms with Crippen molar-refractivity contribution in [1.82, 2.24) is 4.90 Å². The number of amides is 1. The molecule has 1 fully saturated rings. The van der Waals surface area contributed by atoms with Crippen molar-refractivity contribution in [3.8, 4) is 0 Å². The lowest BCUT2D eigenvalue weighted by molar-refractivity contribution is -0.133. The molecular formula is C12H24N2O. The predicted molar refractivity (Wildman–Crippen MR) is 62.5 cm³/mol. The summed E-state index contributed by atoms with van der Waals surface area (Å²) in [6.07, 6.45) is 3.86. The minimum atomic E-state index is 0.120. The van der Waals surface area contributed by atoms with E-state index >= 15 is 0 Å². The standard InChI is InChI=1S/C12H24N2O/c1-9(13)5-6-11(15)14(4)10(2)12(3)7-8-12/h9-10H,5-8,13H2,1-4H3. The highest BCUT2D eigenvalue weighted by atomic mass is 16.2. The van der Waals surface area contributed by atoms with Gasteiger partial charge in [0, 0.05) is 25.6 Å². The average molecular weight is 212 g/mol. The first-order chi connectivity index (χ1) is 6.87. The van der Waals surface area contributed by atoms with Gasteiger partial charge in [0.15, 0.2) is 0 Å². The van der Waals surface area contributed by atoms with Crippen LogP contribution in [0.1, 0.15) is 46.5 Å². The van der Waals surface area contributed by atoms with Crippen LogP contribution in [0.15, 0.2) is 0 Å². The maximum Gasteiger partial charge on any atom is 0.222 e. The summed E-state index contributed by atoms with van der Waals surface area (Å²) in [5.41, 5.74) is 6.02. The summed E-state index contributed by atoms with van der Waals surface area (Å²) in [7, 11) is 1.91. The lowest BCUT2D eigenvalue weighted by Gasteiger charge is -2.30. The number of carbonyl (C=O) groups excluding carboxylic acids is 1. The Labute approximate surface area is 93.0 Å². The van der Waals surface area contributed by atoms with Crippen LogP contribution < -0.4 is 5.73 Å². The zero-order chi connectivity index (χ0) is 11.6. The lowest BCUT2D eigenvalue weighted by Crippen LogP contribution is -2.40. The highest BCUT2D eigenvalue weighted by Gasteiger charge is 2.45. The second-order valence-corrected chi connectivity index (χ2v) is 5.35. The van der Waals surface area contributed by atoms with Gasteiger partial charge in [-0.25, -0.2) is 0 Å². The van der Waals surface area contributed by atoms with Gasteiger partial charge in [0.2, 0.25) is 5.91 Å². The third-order valence-corrected chi connectivity index (χ3v) is 3.84. The summed E-state index contributed by atoms with van der Waals surface area (Å²) < 4.78 is 0. The van der Waals surface area contributed by atoms with Crippen LogP contribution in [-0.2, 0) is 4.79 Å². The molecule has 0 spiro atoms. The first-order valence-electron chi connectivity index (χ1n) is 5.88. The quantitative estimate of drug-likeness (QED) is 0.755. The van der Waals surface area contributed by atoms with Crippen molar-refractivity contribution in [2.45, 2.75) is 58.5 Å². The number of nitrogens with two attached hydrogens (primary N) is 1. The molecule has 0 radical (unpaired) electrons. The Morgan fingerprint density at radius 3 is 2.40 bits per heavy atom. The van der Waals surface area contributed by atoms with E-state index in [1.807, 2.05) is 18.9 Å². The topological polar surface area (TPSA) is 46.3 Å². The van der Waals surface area contributed by atoms with E-state index in [9.17, 15) is 4.79 Å². The molecule has 2 unspecified atom stereocenters. The number of hydrogen-bond acceptors (Lipinski definition) is 2. The second-order valence-electron chi connectivity index (χ2n) is 5.35. The molecule has 15 heavy (non-hydrogen) atoms. The molecule has 2 atom stereocenters. The highest BCUT2D eigenvalue weighted by Crippen LogP contribution is 2.49. The molecule has 2 N–H and O–H groups in total. The van der Waals surface area contributed by atoms with E-state index in [2.05, 4.69) is 13.8 Å². The normalized spacial score (nSPS) is 21.9. The molecule has 3 nitrogen and oxygen atoms in total. The maximum atomic E-state index is 11.8. The van der Waals surface area contributed by atoms with Crippen molar-refractivity contribution in [3.63, 3.8) is 0 Å². The van der Waals surface area contributed by atoms with Crippen molar-refractivity contribution >= 4 is 5.91 Å². The monoisotopic (exact) mass is 212 g/mol. The minimum Gasteiger partial charge on any atom is -0.343 e. The van der Waals surface area contributed by atoms with Crippen LogP contribution in [0.2, 0.25) is 0 Å². The van der Waals surface area contributed by atoms with Crippen LogP contribution in [0.4, 0.5) is 0 Å². The van der Waals surface area contributed by atoms with Gasteiger partial charge in [-0.2, -0.15) is 0 Å². The minimum absolute atomic E-state index is 0.120. The molecule has 0 aromatic heterocycles. The summed E-state index contributed by atoms with van der Waals surface area (Å²) in [6, 6.07) is 0.479. The molecule has 88 valence electrons. The van der Waals surface area contributed by atoms with Crippen LogP contribution >= 0.6 is 0 Å². The molecule has 0 heterocycles. The van der Waals surface area contributed by atoms with Gasteiger partial charge in [-0.1, -0.05) is 6.92 Å². The zero-order valence-corrected chi connectivity index (χ0v) is 10.4. The fourth-order valence-corrected chi connectivity index (χ4v) is 1.83. The number of carbonyl (C=O) groups is 1. The Balaban J connectivity index is 2.38. The van der Waals surface area contributed by atoms with E-state index in [4.69, 9.17) is 5.73 Å². The molecule has 0 aromatic rings. The summed E-state index contributed by atoms with van der Waals surface area (Å²) >= 11 is 0. The van der Waals surface area contributed by atoms with Crippen LogP contribution in [0.25, 0.3) is 0 Å². The van der Waals surface area contributed by atoms with Gasteiger partial charge in [0.1, 0.15) is 0 Å². The molecule has 3 heteroatoms. The third-order valence-electron chi connectivity index (χ3n) is 3.84. The molecule has 1 aliphatic carbocycles. The van der Waals surface area contributed by atoms with Crippen LogP contribution in [-0.4, -0.2) is 29.9 Å². The fraction of sp³-hybridized carbons (Fsp3) is 0.917. The summed E-state index contributed by atoms with van der Waals surface area (Å²) in [5, 5.41) is 0. The molecular weight excluding hydrogens is 188 g/mol. The van der Waals surface area contributed by atoms with E-state index in [-0.39, 0.29) is 11.9 Å². The van der Waals surface area contributed by atoms with Crippen molar-refractivity contribution in [3.05, 3.63) is 0 Å². The highest BCUT2D eigenvalue weighted by molar-refractivity contribution is 5.76. The van der Waals surface area contributed by atoms with Gasteiger partial charge < -0.3 is 10.6 Å². The number of rotatable bonds is 5. The number of nitrogens with zero attached hydrogens (tertiary/aromatic N) is 1. The Bertz CT molecular complexity index is 234. The van der Waals surface area contributed by atoms with Gasteiger partial charge in [0.05, 0.1) is 0 Å². The molecule has 1 aliphatic rings. The SMILES string of the molecule is CC(N)CCC(=O)N(C)C(C)C1(C)CC1. The second kappa shape index (κ2) is 4.52. The molecule has 0 aromatic carbocycles. The molecule has 0 bridgehead atoms. The lowest BCUT2D eigenvalue weighted by atomic mass is 9.99. The first-order valence-corrected chi connectivity index (χ1v) is 5.88. The molecule has 0 saturated heterocycles. The van der Waals surface area contributed by atoms with Crippen molar-refractivity contribution < 1.29 is 4.79 Å². The smallest absolute Gasteiger partial charge is 0.222 e. The predicted octanol–water partition coefficient (Wildman–Crippen LogP) is 1.76. The Hall–Kier alpha value is -0.570. The molecule has 0 aliphatic heterocycles. The van der Waals surface area contributed by atoms with Gasteiger partial charge in [-0.15, -0.1) is 0 Å². The van der Waals surface area contributed by atoms with Crippen LogP contribution in [0.5, 0.6) is 0 Å². The Morgan fingerprint density at radius 1 is 1.47 bits per heavy atom. The van der Waals surface area contributed by atoms with Crippen LogP contribution in [0.3, 0.4) is 0 Å². The summed E-state index contributed by atoms with van der Waals surface area (Å²) in [6.45, 7) is 6.35. The number of hydrogen-bond donors (Lipinski definition) is 1. The van der Waals surface area contributed by atoms with Crippen molar-refractivity contribution in [2.75, 3.05) is 7.05 Å². The average Bonchev–Trinajstić information content (AvgIpc) is 2.91.